The molecule has 5 rings (SSSR count). The number of benzene rings is 2. The molecule has 2 atom stereocenters. The van der Waals surface area contributed by atoms with Gasteiger partial charge < -0.3 is 15.0 Å². The maximum absolute atomic E-state index is 13.1. The van der Waals surface area contributed by atoms with Crippen LogP contribution >= 0.6 is 11.3 Å². The third-order valence-electron chi connectivity index (χ3n) is 6.07. The van der Waals surface area contributed by atoms with Crippen molar-refractivity contribution in [3.05, 3.63) is 77.4 Å². The second-order valence-electron chi connectivity index (χ2n) is 8.15. The van der Waals surface area contributed by atoms with Crippen LogP contribution in [0.15, 0.2) is 66.3 Å². The minimum atomic E-state index is -0.456. The molecule has 158 valence electrons. The molecule has 2 aromatic carbocycles. The summed E-state index contributed by atoms with van der Waals surface area (Å²) < 4.78 is 2.12. The Morgan fingerprint density at radius 1 is 1.13 bits per heavy atom. The van der Waals surface area contributed by atoms with Crippen molar-refractivity contribution in [2.75, 3.05) is 0 Å². The number of hydrogen-bond donors (Lipinski definition) is 2. The number of para-hydroxylation sites is 1. The van der Waals surface area contributed by atoms with Gasteiger partial charge in [-0.15, -0.1) is 11.3 Å². The molecule has 2 N–H and O–H groups in total. The van der Waals surface area contributed by atoms with Crippen LogP contribution in [0, 0.1) is 0 Å². The van der Waals surface area contributed by atoms with Gasteiger partial charge in [-0.1, -0.05) is 55.3 Å². The quantitative estimate of drug-likeness (QED) is 0.475. The molecular weight excluding hydrogens is 406 g/mol. The van der Waals surface area contributed by atoms with Gasteiger partial charge in [0.15, 0.2) is 0 Å². The normalized spacial score (nSPS) is 18.9. The second kappa shape index (κ2) is 8.65. The molecule has 1 fully saturated rings. The Morgan fingerprint density at radius 2 is 1.94 bits per heavy atom. The van der Waals surface area contributed by atoms with Gasteiger partial charge in [0.2, 0.25) is 0 Å². The molecule has 0 aliphatic heterocycles. The first-order valence-electron chi connectivity index (χ1n) is 10.7. The van der Waals surface area contributed by atoms with E-state index in [4.69, 9.17) is 0 Å². The van der Waals surface area contributed by atoms with Crippen molar-refractivity contribution in [2.24, 2.45) is 0 Å². The molecule has 2 heterocycles. The van der Waals surface area contributed by atoms with E-state index in [1.54, 1.807) is 11.3 Å². The maximum Gasteiger partial charge on any atom is 0.253 e. The van der Waals surface area contributed by atoms with Gasteiger partial charge in [0.1, 0.15) is 5.01 Å². The van der Waals surface area contributed by atoms with Crippen molar-refractivity contribution >= 4 is 28.1 Å². The number of rotatable bonds is 5. The Morgan fingerprint density at radius 3 is 2.71 bits per heavy atom. The summed E-state index contributed by atoms with van der Waals surface area (Å²) >= 11 is 1.63. The number of aliphatic hydroxyl groups is 1. The summed E-state index contributed by atoms with van der Waals surface area (Å²) in [6.45, 7) is 0.679. The zero-order chi connectivity index (χ0) is 21.2. The van der Waals surface area contributed by atoms with Gasteiger partial charge in [0.25, 0.3) is 5.91 Å². The Balaban J connectivity index is 1.40. The lowest BCUT2D eigenvalue weighted by molar-refractivity contribution is 0.0718. The second-order valence-corrected chi connectivity index (χ2v) is 9.05. The van der Waals surface area contributed by atoms with Crippen molar-refractivity contribution in [1.82, 2.24) is 14.9 Å². The van der Waals surface area contributed by atoms with Gasteiger partial charge in [-0.3, -0.25) is 4.79 Å². The fourth-order valence-electron chi connectivity index (χ4n) is 4.40. The number of amides is 1. The van der Waals surface area contributed by atoms with Crippen LogP contribution in [0.3, 0.4) is 0 Å². The van der Waals surface area contributed by atoms with Gasteiger partial charge in [-0.2, -0.15) is 0 Å². The smallest absolute Gasteiger partial charge is 0.253 e. The average Bonchev–Trinajstić information content (AvgIpc) is 3.45. The highest BCUT2D eigenvalue weighted by molar-refractivity contribution is 7.13. The first-order chi connectivity index (χ1) is 15.2. The van der Waals surface area contributed by atoms with Gasteiger partial charge in [-0.25, -0.2) is 4.98 Å². The minimum Gasteiger partial charge on any atom is -0.391 e. The largest absolute Gasteiger partial charge is 0.391 e. The van der Waals surface area contributed by atoms with Gasteiger partial charge in [0, 0.05) is 40.8 Å². The average molecular weight is 432 g/mol. The lowest BCUT2D eigenvalue weighted by atomic mass is 9.92. The highest BCUT2D eigenvalue weighted by atomic mass is 32.1. The Hall–Kier alpha value is -2.96. The molecule has 0 bridgehead atoms. The fourth-order valence-corrected chi connectivity index (χ4v) is 5.04. The molecule has 1 aliphatic carbocycles. The van der Waals surface area contributed by atoms with Crippen LogP contribution in [0.25, 0.3) is 21.5 Å². The first-order valence-corrected chi connectivity index (χ1v) is 11.6. The van der Waals surface area contributed by atoms with E-state index in [2.05, 4.69) is 39.1 Å². The molecule has 5 nitrogen and oxygen atoms in total. The van der Waals surface area contributed by atoms with Crippen LogP contribution in [0.5, 0.6) is 0 Å². The fraction of sp³-hybridized carbons (Fsp3) is 0.280. The summed E-state index contributed by atoms with van der Waals surface area (Å²) in [5, 5.41) is 17.2. The van der Waals surface area contributed by atoms with Crippen LogP contribution in [-0.4, -0.2) is 32.7 Å². The number of carbonyl (C=O) groups excluding carboxylic acids is 1. The SMILES string of the molecule is O=C(N[C@H]1CCCC[C@@H]1O)c1cn(Cc2ccc(-c3nccs3)cc2)c2ccccc12. The van der Waals surface area contributed by atoms with E-state index in [0.717, 1.165) is 52.7 Å². The standard InChI is InChI=1S/C25H25N3O2S/c29-23-8-4-2-6-21(23)27-24(30)20-16-28(22-7-3-1-5-19(20)22)15-17-9-11-18(12-10-17)25-26-13-14-31-25/h1,3,5,7,9-14,16,21,23,29H,2,4,6,8,15H2,(H,27,30)/t21-,23-/m0/s1. The van der Waals surface area contributed by atoms with Crippen LogP contribution < -0.4 is 5.32 Å². The molecule has 4 aromatic rings. The highest BCUT2D eigenvalue weighted by Crippen LogP contribution is 2.26. The lowest BCUT2D eigenvalue weighted by Crippen LogP contribution is -2.45. The number of thiazole rings is 1. The molecule has 0 spiro atoms. The topological polar surface area (TPSA) is 67.2 Å². The van der Waals surface area contributed by atoms with E-state index in [1.807, 2.05) is 42.0 Å². The van der Waals surface area contributed by atoms with Crippen molar-refractivity contribution in [3.63, 3.8) is 0 Å². The van der Waals surface area contributed by atoms with Crippen LogP contribution in [0.2, 0.25) is 0 Å². The highest BCUT2D eigenvalue weighted by Gasteiger charge is 2.26. The summed E-state index contributed by atoms with van der Waals surface area (Å²) in [6, 6.07) is 16.2. The molecule has 1 saturated carbocycles. The van der Waals surface area contributed by atoms with Gasteiger partial charge in [0.05, 0.1) is 17.7 Å². The van der Waals surface area contributed by atoms with Crippen LogP contribution in [-0.2, 0) is 6.54 Å². The van der Waals surface area contributed by atoms with E-state index in [0.29, 0.717) is 12.1 Å². The Labute approximate surface area is 185 Å². The first kappa shape index (κ1) is 20.0. The molecule has 1 aliphatic rings. The number of aromatic nitrogens is 2. The van der Waals surface area contributed by atoms with Crippen LogP contribution in [0.1, 0.15) is 41.6 Å². The molecule has 2 aromatic heterocycles. The number of hydrogen-bond acceptors (Lipinski definition) is 4. The summed E-state index contributed by atoms with van der Waals surface area (Å²) in [5.41, 5.74) is 3.96. The van der Waals surface area contributed by atoms with E-state index < -0.39 is 6.10 Å². The van der Waals surface area contributed by atoms with E-state index in [-0.39, 0.29) is 11.9 Å². The minimum absolute atomic E-state index is 0.111. The number of nitrogens with one attached hydrogen (secondary N) is 1. The monoisotopic (exact) mass is 431 g/mol. The predicted octanol–water partition coefficient (Wildman–Crippen LogP) is 4.85. The Bertz CT molecular complexity index is 1180. The number of carbonyl (C=O) groups is 1. The third-order valence-corrected chi connectivity index (χ3v) is 6.89. The lowest BCUT2D eigenvalue weighted by Gasteiger charge is -2.28. The number of nitrogens with zero attached hydrogens (tertiary/aromatic N) is 2. The molecule has 0 radical (unpaired) electrons. The number of aliphatic hydroxyl groups excluding tert-OH is 1. The number of fused-ring (bicyclic) bond motifs is 1. The van der Waals surface area contributed by atoms with Gasteiger partial charge in [-0.05, 0) is 24.5 Å². The van der Waals surface area contributed by atoms with E-state index in [1.165, 1.54) is 0 Å². The predicted molar refractivity (Wildman–Crippen MR) is 124 cm³/mol. The summed E-state index contributed by atoms with van der Waals surface area (Å²) in [7, 11) is 0. The van der Waals surface area contributed by atoms with Gasteiger partial charge >= 0.3 is 0 Å². The zero-order valence-electron chi connectivity index (χ0n) is 17.2. The molecule has 1 amide bonds. The molecule has 31 heavy (non-hydrogen) atoms. The van der Waals surface area contributed by atoms with E-state index in [9.17, 15) is 9.90 Å². The summed E-state index contributed by atoms with van der Waals surface area (Å²) in [4.78, 5) is 17.4. The van der Waals surface area contributed by atoms with Crippen molar-refractivity contribution in [3.8, 4) is 10.6 Å². The summed E-state index contributed by atoms with van der Waals surface area (Å²) in [5.74, 6) is -0.111. The Kier molecular flexibility index (Phi) is 5.57. The van der Waals surface area contributed by atoms with Crippen molar-refractivity contribution in [2.45, 2.75) is 44.4 Å². The molecule has 0 saturated heterocycles. The zero-order valence-corrected chi connectivity index (χ0v) is 18.0. The maximum atomic E-state index is 13.1. The molecular formula is C25H25N3O2S. The van der Waals surface area contributed by atoms with Crippen molar-refractivity contribution in [1.29, 1.82) is 0 Å². The van der Waals surface area contributed by atoms with E-state index >= 15 is 0 Å². The third kappa shape index (κ3) is 4.13. The summed E-state index contributed by atoms with van der Waals surface area (Å²) in [6.07, 6.45) is 6.95. The molecule has 0 unspecified atom stereocenters. The van der Waals surface area contributed by atoms with Crippen molar-refractivity contribution < 1.29 is 9.90 Å². The molecule has 6 heteroatoms. The van der Waals surface area contributed by atoms with Crippen LogP contribution in [0.4, 0.5) is 0 Å².